The standard InChI is InChI=1S/C12H23N3O2/c1-12(2-3-13-10-12)11(17)15-6-4-14(5-7-15)8-9-16/h13,16H,2-10H2,1H3. The second-order valence-corrected chi connectivity index (χ2v) is 5.34. The largest absolute Gasteiger partial charge is 0.395 e. The summed E-state index contributed by atoms with van der Waals surface area (Å²) in [6.07, 6.45) is 0.947. The zero-order valence-electron chi connectivity index (χ0n) is 10.6. The Morgan fingerprint density at radius 2 is 2.06 bits per heavy atom. The molecule has 2 fully saturated rings. The first kappa shape index (κ1) is 12.8. The summed E-state index contributed by atoms with van der Waals surface area (Å²) < 4.78 is 0. The van der Waals surface area contributed by atoms with Crippen molar-refractivity contribution in [3.05, 3.63) is 0 Å². The second kappa shape index (κ2) is 5.33. The molecule has 0 saturated carbocycles. The van der Waals surface area contributed by atoms with Crippen LogP contribution in [-0.2, 0) is 4.79 Å². The Morgan fingerprint density at radius 3 is 2.59 bits per heavy atom. The van der Waals surface area contributed by atoms with Crippen LogP contribution in [0.5, 0.6) is 0 Å². The molecule has 1 amide bonds. The number of carbonyl (C=O) groups is 1. The Labute approximate surface area is 103 Å². The summed E-state index contributed by atoms with van der Waals surface area (Å²) in [6, 6.07) is 0. The highest BCUT2D eigenvalue weighted by Crippen LogP contribution is 2.27. The van der Waals surface area contributed by atoms with Gasteiger partial charge in [-0.1, -0.05) is 0 Å². The molecule has 1 atom stereocenters. The maximum Gasteiger partial charge on any atom is 0.229 e. The minimum Gasteiger partial charge on any atom is -0.395 e. The molecule has 5 heteroatoms. The second-order valence-electron chi connectivity index (χ2n) is 5.34. The van der Waals surface area contributed by atoms with Gasteiger partial charge in [0.15, 0.2) is 0 Å². The minimum atomic E-state index is -0.195. The third-order valence-corrected chi connectivity index (χ3v) is 3.96. The normalized spacial score (nSPS) is 30.8. The van der Waals surface area contributed by atoms with Gasteiger partial charge in [-0.2, -0.15) is 0 Å². The highest BCUT2D eigenvalue weighted by atomic mass is 16.3. The molecule has 2 saturated heterocycles. The lowest BCUT2D eigenvalue weighted by Crippen LogP contribution is -2.53. The summed E-state index contributed by atoms with van der Waals surface area (Å²) in [5.41, 5.74) is -0.195. The number of nitrogens with zero attached hydrogens (tertiary/aromatic N) is 2. The Bertz CT molecular complexity index is 269. The van der Waals surface area contributed by atoms with E-state index in [2.05, 4.69) is 17.1 Å². The summed E-state index contributed by atoms with van der Waals surface area (Å²) in [5, 5.41) is 12.1. The average molecular weight is 241 g/mol. The van der Waals surface area contributed by atoms with Crippen molar-refractivity contribution in [1.29, 1.82) is 0 Å². The van der Waals surface area contributed by atoms with Crippen LogP contribution in [-0.4, -0.2) is 73.2 Å². The maximum atomic E-state index is 12.4. The van der Waals surface area contributed by atoms with Crippen LogP contribution in [0, 0.1) is 5.41 Å². The Hall–Kier alpha value is -0.650. The van der Waals surface area contributed by atoms with E-state index in [-0.39, 0.29) is 12.0 Å². The van der Waals surface area contributed by atoms with Gasteiger partial charge < -0.3 is 15.3 Å². The molecule has 0 bridgehead atoms. The molecule has 2 aliphatic heterocycles. The number of hydrogen-bond donors (Lipinski definition) is 2. The van der Waals surface area contributed by atoms with E-state index in [0.717, 1.165) is 52.2 Å². The first-order valence-electron chi connectivity index (χ1n) is 6.49. The number of carbonyl (C=O) groups excluding carboxylic acids is 1. The number of amides is 1. The molecule has 0 aliphatic carbocycles. The van der Waals surface area contributed by atoms with Crippen LogP contribution in [0.2, 0.25) is 0 Å². The predicted octanol–water partition coefficient (Wildman–Crippen LogP) is -0.877. The van der Waals surface area contributed by atoms with Crippen LogP contribution in [0.3, 0.4) is 0 Å². The highest BCUT2D eigenvalue weighted by molar-refractivity contribution is 5.83. The zero-order chi connectivity index (χ0) is 12.3. The van der Waals surface area contributed by atoms with Crippen molar-refractivity contribution in [2.24, 2.45) is 5.41 Å². The van der Waals surface area contributed by atoms with Gasteiger partial charge in [0.2, 0.25) is 5.91 Å². The van der Waals surface area contributed by atoms with Crippen molar-refractivity contribution >= 4 is 5.91 Å². The summed E-state index contributed by atoms with van der Waals surface area (Å²) >= 11 is 0. The molecule has 2 rings (SSSR count). The minimum absolute atomic E-state index is 0.195. The van der Waals surface area contributed by atoms with Crippen LogP contribution in [0.1, 0.15) is 13.3 Å². The van der Waals surface area contributed by atoms with Crippen LogP contribution in [0.4, 0.5) is 0 Å². The predicted molar refractivity (Wildman–Crippen MR) is 65.7 cm³/mol. The molecule has 2 N–H and O–H groups in total. The van der Waals surface area contributed by atoms with Gasteiger partial charge in [0, 0.05) is 39.3 Å². The quantitative estimate of drug-likeness (QED) is 0.674. The van der Waals surface area contributed by atoms with E-state index >= 15 is 0 Å². The van der Waals surface area contributed by atoms with E-state index < -0.39 is 0 Å². The van der Waals surface area contributed by atoms with Crippen LogP contribution >= 0.6 is 0 Å². The fraction of sp³-hybridized carbons (Fsp3) is 0.917. The number of aliphatic hydroxyl groups is 1. The van der Waals surface area contributed by atoms with Crippen LogP contribution < -0.4 is 5.32 Å². The maximum absolute atomic E-state index is 12.4. The lowest BCUT2D eigenvalue weighted by molar-refractivity contribution is -0.142. The van der Waals surface area contributed by atoms with Crippen molar-refractivity contribution in [3.8, 4) is 0 Å². The third kappa shape index (κ3) is 2.78. The molecular weight excluding hydrogens is 218 g/mol. The van der Waals surface area contributed by atoms with Crippen LogP contribution in [0.15, 0.2) is 0 Å². The van der Waals surface area contributed by atoms with Gasteiger partial charge in [-0.05, 0) is 19.9 Å². The number of aliphatic hydroxyl groups excluding tert-OH is 1. The van der Waals surface area contributed by atoms with Crippen molar-refractivity contribution < 1.29 is 9.90 Å². The summed E-state index contributed by atoms with van der Waals surface area (Å²) in [5.74, 6) is 0.297. The number of hydrogen-bond acceptors (Lipinski definition) is 4. The molecule has 0 radical (unpaired) electrons. The molecule has 98 valence electrons. The van der Waals surface area contributed by atoms with Crippen LogP contribution in [0.25, 0.3) is 0 Å². The summed E-state index contributed by atoms with van der Waals surface area (Å²) in [4.78, 5) is 16.6. The van der Waals surface area contributed by atoms with E-state index in [1.54, 1.807) is 0 Å². The first-order chi connectivity index (χ1) is 8.15. The van der Waals surface area contributed by atoms with Crippen molar-refractivity contribution in [1.82, 2.24) is 15.1 Å². The van der Waals surface area contributed by atoms with Crippen molar-refractivity contribution in [3.63, 3.8) is 0 Å². The van der Waals surface area contributed by atoms with Crippen molar-refractivity contribution in [2.45, 2.75) is 13.3 Å². The topological polar surface area (TPSA) is 55.8 Å². The summed E-state index contributed by atoms with van der Waals surface area (Å²) in [6.45, 7) is 8.12. The lowest BCUT2D eigenvalue weighted by Gasteiger charge is -2.38. The molecular formula is C12H23N3O2. The van der Waals surface area contributed by atoms with Gasteiger partial charge in [0.1, 0.15) is 0 Å². The first-order valence-corrected chi connectivity index (χ1v) is 6.49. The molecule has 2 aliphatic rings. The smallest absolute Gasteiger partial charge is 0.229 e. The monoisotopic (exact) mass is 241 g/mol. The molecule has 17 heavy (non-hydrogen) atoms. The van der Waals surface area contributed by atoms with Gasteiger partial charge in [-0.3, -0.25) is 9.69 Å². The number of rotatable bonds is 3. The van der Waals surface area contributed by atoms with Crippen molar-refractivity contribution in [2.75, 3.05) is 52.4 Å². The Kier molecular flexibility index (Phi) is 4.01. The highest BCUT2D eigenvalue weighted by Gasteiger charge is 2.39. The van der Waals surface area contributed by atoms with Gasteiger partial charge in [-0.15, -0.1) is 0 Å². The molecule has 2 heterocycles. The Morgan fingerprint density at radius 1 is 1.35 bits per heavy atom. The van der Waals surface area contributed by atoms with Gasteiger partial charge >= 0.3 is 0 Å². The van der Waals surface area contributed by atoms with Gasteiger partial charge in [-0.25, -0.2) is 0 Å². The SMILES string of the molecule is CC1(C(=O)N2CCN(CCO)CC2)CCNC1. The lowest BCUT2D eigenvalue weighted by atomic mass is 9.88. The van der Waals surface area contributed by atoms with E-state index in [1.165, 1.54) is 0 Å². The Balaban J connectivity index is 1.86. The number of piperazine rings is 1. The molecule has 5 nitrogen and oxygen atoms in total. The average Bonchev–Trinajstić information content (AvgIpc) is 2.78. The van der Waals surface area contributed by atoms with Gasteiger partial charge in [0.05, 0.1) is 12.0 Å². The van der Waals surface area contributed by atoms with Gasteiger partial charge in [0.25, 0.3) is 0 Å². The fourth-order valence-electron chi connectivity index (χ4n) is 2.70. The third-order valence-electron chi connectivity index (χ3n) is 3.96. The number of nitrogens with one attached hydrogen (secondary N) is 1. The number of β-amino-alcohol motifs (C(OH)–C–C–N with tert-alkyl or cyclic N) is 1. The molecule has 0 aromatic rings. The molecule has 0 aromatic carbocycles. The van der Waals surface area contributed by atoms with E-state index in [0.29, 0.717) is 5.91 Å². The summed E-state index contributed by atoms with van der Waals surface area (Å²) in [7, 11) is 0. The van der Waals surface area contributed by atoms with E-state index in [1.807, 2.05) is 4.90 Å². The molecule has 0 aromatic heterocycles. The fourth-order valence-corrected chi connectivity index (χ4v) is 2.70. The molecule has 0 spiro atoms. The molecule has 1 unspecified atom stereocenters. The van der Waals surface area contributed by atoms with E-state index in [9.17, 15) is 4.79 Å². The van der Waals surface area contributed by atoms with E-state index in [4.69, 9.17) is 5.11 Å². The zero-order valence-corrected chi connectivity index (χ0v) is 10.6.